The summed E-state index contributed by atoms with van der Waals surface area (Å²) in [5.74, 6) is -0.0899. The normalized spacial score (nSPS) is 11.2. The molecule has 0 heterocycles. The van der Waals surface area contributed by atoms with Crippen LogP contribution >= 0.6 is 0 Å². The Morgan fingerprint density at radius 3 is 2.32 bits per heavy atom. The van der Waals surface area contributed by atoms with Gasteiger partial charge in [-0.3, -0.25) is 19.2 Å². The number of amides is 1. The highest BCUT2D eigenvalue weighted by atomic mass is 32.2. The summed E-state index contributed by atoms with van der Waals surface area (Å²) in [5, 5.41) is 14.0. The van der Waals surface area contributed by atoms with E-state index in [1.165, 1.54) is 30.3 Å². The predicted molar refractivity (Wildman–Crippen MR) is 107 cm³/mol. The quantitative estimate of drug-likeness (QED) is 0.509. The van der Waals surface area contributed by atoms with Gasteiger partial charge in [0.2, 0.25) is 5.91 Å². The van der Waals surface area contributed by atoms with Gasteiger partial charge in [-0.05, 0) is 30.5 Å². The van der Waals surface area contributed by atoms with Gasteiger partial charge in [0.15, 0.2) is 4.90 Å². The Morgan fingerprint density at radius 1 is 1.11 bits per heavy atom. The smallest absolute Gasteiger partial charge is 0.289 e. The Morgan fingerprint density at radius 2 is 1.71 bits per heavy atom. The number of hydrogen-bond donors (Lipinski definition) is 1. The van der Waals surface area contributed by atoms with Gasteiger partial charge < -0.3 is 5.32 Å². The van der Waals surface area contributed by atoms with E-state index in [4.69, 9.17) is 0 Å². The third kappa shape index (κ3) is 5.29. The fourth-order valence-electron chi connectivity index (χ4n) is 2.54. The summed E-state index contributed by atoms with van der Waals surface area (Å²) in [6.45, 7) is 3.98. The van der Waals surface area contributed by atoms with Crippen molar-refractivity contribution in [3.05, 3.63) is 64.7 Å². The van der Waals surface area contributed by atoms with E-state index in [0.717, 1.165) is 16.8 Å². The molecule has 0 saturated heterocycles. The molecule has 0 spiro atoms. The number of hydrogen-bond acceptors (Lipinski definition) is 5. The van der Waals surface area contributed by atoms with Crippen molar-refractivity contribution in [3.8, 4) is 0 Å². The van der Waals surface area contributed by atoms with Crippen molar-refractivity contribution < 1.29 is 18.1 Å². The molecular weight excluding hydrogens is 382 g/mol. The maximum atomic E-state index is 13.2. The third-order valence-electron chi connectivity index (χ3n) is 4.01. The van der Waals surface area contributed by atoms with Gasteiger partial charge in [0, 0.05) is 12.6 Å². The highest BCUT2D eigenvalue weighted by molar-refractivity contribution is 7.93. The number of sulfonamides is 1. The highest BCUT2D eigenvalue weighted by Gasteiger charge is 2.32. The Bertz CT molecular complexity index is 930. The fourth-order valence-corrected chi connectivity index (χ4v) is 4.12. The summed E-state index contributed by atoms with van der Waals surface area (Å²) < 4.78 is 27.3. The Balaban J connectivity index is 2.40. The van der Waals surface area contributed by atoms with Crippen molar-refractivity contribution in [1.29, 1.82) is 0 Å². The lowest BCUT2D eigenvalue weighted by Gasteiger charge is -2.24. The van der Waals surface area contributed by atoms with Crippen LogP contribution in [0, 0.1) is 16.0 Å². The molecule has 0 bridgehead atoms. The maximum Gasteiger partial charge on any atom is 0.289 e. The van der Waals surface area contributed by atoms with Crippen LogP contribution in [0.4, 0.5) is 11.4 Å². The number of nitrogens with one attached hydrogen (secondary N) is 1. The van der Waals surface area contributed by atoms with Gasteiger partial charge in [-0.15, -0.1) is 0 Å². The summed E-state index contributed by atoms with van der Waals surface area (Å²) in [4.78, 5) is 22.4. The lowest BCUT2D eigenvalue weighted by molar-refractivity contribution is -0.387. The van der Waals surface area contributed by atoms with E-state index in [1.54, 1.807) is 18.2 Å². The van der Waals surface area contributed by atoms with Crippen molar-refractivity contribution in [2.24, 2.45) is 5.92 Å². The first-order chi connectivity index (χ1) is 13.2. The first-order valence-corrected chi connectivity index (χ1v) is 10.3. The van der Waals surface area contributed by atoms with Crippen LogP contribution in [0.25, 0.3) is 0 Å². The van der Waals surface area contributed by atoms with Gasteiger partial charge in [-0.2, -0.15) is 0 Å². The van der Waals surface area contributed by atoms with Crippen LogP contribution < -0.4 is 9.62 Å². The minimum Gasteiger partial charge on any atom is -0.355 e. The Hall–Kier alpha value is -2.94. The van der Waals surface area contributed by atoms with Gasteiger partial charge in [0.05, 0.1) is 10.6 Å². The number of nitro benzene ring substituents is 1. The zero-order chi connectivity index (χ0) is 20.7. The standard InChI is InChI=1S/C19H23N3O5S/c1-15(2)12-13-20-19(23)14-21(16-8-4-3-5-9-16)28(26,27)18-11-7-6-10-17(18)22(24)25/h3-11,15H,12-14H2,1-2H3,(H,20,23). The molecule has 9 heteroatoms. The zero-order valence-electron chi connectivity index (χ0n) is 15.7. The summed E-state index contributed by atoms with van der Waals surface area (Å²) in [7, 11) is -4.34. The van der Waals surface area contributed by atoms with Crippen LogP contribution in [0.5, 0.6) is 0 Å². The molecule has 0 aliphatic rings. The number of rotatable bonds is 9. The summed E-state index contributed by atoms with van der Waals surface area (Å²) in [6, 6.07) is 13.1. The van der Waals surface area contributed by atoms with E-state index in [9.17, 15) is 23.3 Å². The molecule has 8 nitrogen and oxygen atoms in total. The largest absolute Gasteiger partial charge is 0.355 e. The molecule has 2 aromatic carbocycles. The molecule has 2 rings (SSSR count). The monoisotopic (exact) mass is 405 g/mol. The van der Waals surface area contributed by atoms with Gasteiger partial charge >= 0.3 is 0 Å². The SMILES string of the molecule is CC(C)CCNC(=O)CN(c1ccccc1)S(=O)(=O)c1ccccc1[N+](=O)[O-]. The molecular formula is C19H23N3O5S. The lowest BCUT2D eigenvalue weighted by Crippen LogP contribution is -2.41. The first kappa shape index (κ1) is 21.4. The van der Waals surface area contributed by atoms with Crippen molar-refractivity contribution >= 4 is 27.3 Å². The zero-order valence-corrected chi connectivity index (χ0v) is 16.6. The summed E-state index contributed by atoms with van der Waals surface area (Å²) in [6.07, 6.45) is 0.758. The molecule has 0 atom stereocenters. The maximum absolute atomic E-state index is 13.2. The molecule has 0 radical (unpaired) electrons. The van der Waals surface area contributed by atoms with Crippen LogP contribution in [0.2, 0.25) is 0 Å². The number of benzene rings is 2. The molecule has 0 unspecified atom stereocenters. The molecule has 0 aromatic heterocycles. The molecule has 28 heavy (non-hydrogen) atoms. The first-order valence-electron chi connectivity index (χ1n) is 8.81. The van der Waals surface area contributed by atoms with E-state index < -0.39 is 38.0 Å². The van der Waals surface area contributed by atoms with Gasteiger partial charge in [0.25, 0.3) is 15.7 Å². The number of nitro groups is 1. The molecule has 0 aliphatic heterocycles. The van der Waals surface area contributed by atoms with Crippen molar-refractivity contribution in [1.82, 2.24) is 5.32 Å². The second-order valence-corrected chi connectivity index (χ2v) is 8.44. The third-order valence-corrected chi connectivity index (χ3v) is 5.83. The van der Waals surface area contributed by atoms with Gasteiger partial charge in [-0.25, -0.2) is 8.42 Å². The lowest BCUT2D eigenvalue weighted by atomic mass is 10.1. The molecule has 0 saturated carbocycles. The fraction of sp³-hybridized carbons (Fsp3) is 0.316. The van der Waals surface area contributed by atoms with E-state index in [1.807, 2.05) is 13.8 Å². The summed E-state index contributed by atoms with van der Waals surface area (Å²) >= 11 is 0. The minimum atomic E-state index is -4.34. The topological polar surface area (TPSA) is 110 Å². The Kier molecular flexibility index (Phi) is 7.11. The number of nitrogens with zero attached hydrogens (tertiary/aromatic N) is 2. The van der Waals surface area contributed by atoms with Crippen LogP contribution in [0.1, 0.15) is 20.3 Å². The van der Waals surface area contributed by atoms with E-state index in [0.29, 0.717) is 12.5 Å². The van der Waals surface area contributed by atoms with Crippen molar-refractivity contribution in [2.75, 3.05) is 17.4 Å². The average Bonchev–Trinajstić information content (AvgIpc) is 2.66. The van der Waals surface area contributed by atoms with E-state index in [-0.39, 0.29) is 5.69 Å². The number of anilines is 1. The number of carbonyl (C=O) groups excluding carboxylic acids is 1. The van der Waals surface area contributed by atoms with Gasteiger partial charge in [-0.1, -0.05) is 44.2 Å². The minimum absolute atomic E-state index is 0.250. The molecule has 1 N–H and O–H groups in total. The number of carbonyl (C=O) groups is 1. The number of para-hydroxylation sites is 2. The second kappa shape index (κ2) is 9.32. The second-order valence-electron chi connectivity index (χ2n) is 6.60. The van der Waals surface area contributed by atoms with Crippen LogP contribution in [-0.4, -0.2) is 32.3 Å². The Labute approximate surface area is 164 Å². The molecule has 0 aliphatic carbocycles. The van der Waals surface area contributed by atoms with Crippen LogP contribution in [0.15, 0.2) is 59.5 Å². The van der Waals surface area contributed by atoms with Crippen molar-refractivity contribution in [3.63, 3.8) is 0 Å². The molecule has 150 valence electrons. The predicted octanol–water partition coefficient (Wildman–Crippen LogP) is 2.95. The molecule has 0 fully saturated rings. The van der Waals surface area contributed by atoms with Crippen LogP contribution in [0.3, 0.4) is 0 Å². The van der Waals surface area contributed by atoms with E-state index >= 15 is 0 Å². The van der Waals surface area contributed by atoms with E-state index in [2.05, 4.69) is 5.32 Å². The van der Waals surface area contributed by atoms with Crippen LogP contribution in [-0.2, 0) is 14.8 Å². The van der Waals surface area contributed by atoms with Gasteiger partial charge in [0.1, 0.15) is 6.54 Å². The average molecular weight is 405 g/mol. The van der Waals surface area contributed by atoms with Crippen molar-refractivity contribution in [2.45, 2.75) is 25.2 Å². The molecule has 1 amide bonds. The highest BCUT2D eigenvalue weighted by Crippen LogP contribution is 2.29. The molecule has 2 aromatic rings. The summed E-state index contributed by atoms with van der Waals surface area (Å²) in [5.41, 5.74) is -0.289.